The van der Waals surface area contributed by atoms with Gasteiger partial charge in [-0.2, -0.15) is 0 Å². The van der Waals surface area contributed by atoms with Crippen LogP contribution in [0.4, 0.5) is 0 Å². The van der Waals surface area contributed by atoms with Crippen LogP contribution in [0.15, 0.2) is 0 Å². The van der Waals surface area contributed by atoms with Crippen LogP contribution in [-0.4, -0.2) is 110 Å². The Morgan fingerprint density at radius 2 is 1.51 bits per heavy atom. The number of aliphatic hydroxyl groups is 7. The summed E-state index contributed by atoms with van der Waals surface area (Å²) in [6.07, 6.45) is -2.52. The topological polar surface area (TPSA) is 169 Å². The molecule has 0 aromatic heterocycles. The Kier molecular flexibility index (Phi) is 9.73. The number of ether oxygens (including phenoxy) is 3. The zero-order chi connectivity index (χ0) is 31.6. The lowest BCUT2D eigenvalue weighted by Crippen LogP contribution is -2.70. The molecule has 250 valence electrons. The minimum absolute atomic E-state index is 0.0269. The van der Waals surface area contributed by atoms with Crippen molar-refractivity contribution >= 4 is 0 Å². The monoisotopic (exact) mass is 614 g/mol. The molecule has 43 heavy (non-hydrogen) atoms. The molecule has 0 aromatic carbocycles. The first-order valence-corrected chi connectivity index (χ1v) is 16.7. The van der Waals surface area contributed by atoms with Gasteiger partial charge in [0, 0.05) is 25.4 Å². The van der Waals surface area contributed by atoms with Crippen LogP contribution in [0.5, 0.6) is 0 Å². The maximum absolute atomic E-state index is 12.5. The van der Waals surface area contributed by atoms with Crippen molar-refractivity contribution in [2.45, 2.75) is 147 Å². The van der Waals surface area contributed by atoms with Crippen molar-refractivity contribution in [3.63, 3.8) is 0 Å². The quantitative estimate of drug-likeness (QED) is 0.213. The first kappa shape index (κ1) is 33.9. The first-order valence-electron chi connectivity index (χ1n) is 16.7. The predicted molar refractivity (Wildman–Crippen MR) is 158 cm³/mol. The number of methoxy groups -OCH3 is 1. The van der Waals surface area contributed by atoms with Gasteiger partial charge in [-0.1, -0.05) is 34.6 Å². The third kappa shape index (κ3) is 5.53. The van der Waals surface area contributed by atoms with Gasteiger partial charge in [0.2, 0.25) is 0 Å². The van der Waals surface area contributed by atoms with E-state index < -0.39 is 66.0 Å². The Morgan fingerprint density at radius 3 is 2.16 bits per heavy atom. The number of aliphatic hydroxyl groups excluding tert-OH is 6. The van der Waals surface area contributed by atoms with Gasteiger partial charge in [-0.05, 0) is 79.4 Å². The lowest BCUT2D eigenvalue weighted by molar-refractivity contribution is -0.290. The van der Waals surface area contributed by atoms with Crippen molar-refractivity contribution in [1.82, 2.24) is 0 Å². The molecule has 0 bridgehead atoms. The fraction of sp³-hybridized carbons (Fsp3) is 1.00. The molecule has 5 rings (SSSR count). The lowest BCUT2D eigenvalue weighted by atomic mass is 9.41. The van der Waals surface area contributed by atoms with E-state index in [1.807, 2.05) is 0 Å². The summed E-state index contributed by atoms with van der Waals surface area (Å²) in [6, 6.07) is 0. The fourth-order valence-electron chi connectivity index (χ4n) is 11.1. The van der Waals surface area contributed by atoms with Crippen molar-refractivity contribution in [3.8, 4) is 0 Å². The fourth-order valence-corrected chi connectivity index (χ4v) is 11.1. The van der Waals surface area contributed by atoms with Gasteiger partial charge in [-0.15, -0.1) is 0 Å². The number of fused-ring (bicyclic) bond motifs is 5. The lowest BCUT2D eigenvalue weighted by Gasteiger charge is -2.66. The summed E-state index contributed by atoms with van der Waals surface area (Å²) < 4.78 is 17.2. The summed E-state index contributed by atoms with van der Waals surface area (Å²) in [6.45, 7) is 10.7. The molecule has 1 heterocycles. The van der Waals surface area contributed by atoms with Gasteiger partial charge in [-0.25, -0.2) is 0 Å². The molecule has 4 saturated carbocycles. The Hall–Kier alpha value is -0.400. The number of hydrogen-bond donors (Lipinski definition) is 7. The zero-order valence-corrected chi connectivity index (χ0v) is 26.9. The van der Waals surface area contributed by atoms with Gasteiger partial charge in [0.25, 0.3) is 0 Å². The molecule has 4 aliphatic carbocycles. The third-order valence-corrected chi connectivity index (χ3v) is 13.1. The SMILES string of the molecule is CO[C@@H]1[C@@H](O)[C@H](O[C@@H](CC[C@@H](C)[C@H]2C[C@H](O)C3[C@]4(O)C[C@H](O)C5[C@@H](O)[C@@H](O)CC[C@]5(C)C4CC[C@@]32C)C(C)C)OC[C@H]1O. The van der Waals surface area contributed by atoms with Crippen LogP contribution in [0.25, 0.3) is 0 Å². The van der Waals surface area contributed by atoms with Crippen LogP contribution in [-0.2, 0) is 14.2 Å². The minimum Gasteiger partial charge on any atom is -0.393 e. The first-order chi connectivity index (χ1) is 20.1. The van der Waals surface area contributed by atoms with Gasteiger partial charge >= 0.3 is 0 Å². The van der Waals surface area contributed by atoms with E-state index in [2.05, 4.69) is 34.6 Å². The highest BCUT2D eigenvalue weighted by molar-refractivity contribution is 5.21. The van der Waals surface area contributed by atoms with E-state index >= 15 is 0 Å². The highest BCUT2D eigenvalue weighted by atomic mass is 16.7. The Balaban J connectivity index is 1.29. The summed E-state index contributed by atoms with van der Waals surface area (Å²) in [5.41, 5.74) is -2.10. The van der Waals surface area contributed by atoms with Gasteiger partial charge < -0.3 is 50.0 Å². The third-order valence-electron chi connectivity index (χ3n) is 13.1. The van der Waals surface area contributed by atoms with E-state index in [1.165, 1.54) is 7.11 Å². The molecule has 10 nitrogen and oxygen atoms in total. The van der Waals surface area contributed by atoms with E-state index in [-0.39, 0.29) is 54.1 Å². The van der Waals surface area contributed by atoms with Gasteiger partial charge in [0.15, 0.2) is 6.29 Å². The van der Waals surface area contributed by atoms with Crippen molar-refractivity contribution in [2.75, 3.05) is 13.7 Å². The second-order valence-corrected chi connectivity index (χ2v) is 15.8. The largest absolute Gasteiger partial charge is 0.393 e. The molecule has 7 N–H and O–H groups in total. The Morgan fingerprint density at radius 1 is 0.837 bits per heavy atom. The van der Waals surface area contributed by atoms with Crippen LogP contribution in [0.3, 0.4) is 0 Å². The molecule has 0 aromatic rings. The van der Waals surface area contributed by atoms with Gasteiger partial charge in [0.1, 0.15) is 18.3 Å². The molecule has 1 aliphatic heterocycles. The van der Waals surface area contributed by atoms with E-state index in [4.69, 9.17) is 14.2 Å². The molecule has 0 radical (unpaired) electrons. The maximum Gasteiger partial charge on any atom is 0.186 e. The summed E-state index contributed by atoms with van der Waals surface area (Å²) >= 11 is 0. The summed E-state index contributed by atoms with van der Waals surface area (Å²) in [5.74, 6) is -0.511. The second kappa shape index (κ2) is 12.3. The molecular weight excluding hydrogens is 556 g/mol. The van der Waals surface area contributed by atoms with E-state index in [0.717, 1.165) is 25.7 Å². The van der Waals surface area contributed by atoms with Gasteiger partial charge in [0.05, 0.1) is 42.7 Å². The van der Waals surface area contributed by atoms with Crippen molar-refractivity contribution in [2.24, 2.45) is 46.3 Å². The Labute approximate surface area is 256 Å². The molecule has 0 amide bonds. The summed E-state index contributed by atoms with van der Waals surface area (Å²) in [7, 11) is 1.45. The Bertz CT molecular complexity index is 966. The average Bonchev–Trinajstić information content (AvgIpc) is 3.21. The molecule has 10 heteroatoms. The van der Waals surface area contributed by atoms with Crippen LogP contribution in [0.2, 0.25) is 0 Å². The zero-order valence-electron chi connectivity index (χ0n) is 26.9. The minimum atomic E-state index is -1.26. The molecule has 5 fully saturated rings. The molecule has 3 unspecified atom stereocenters. The molecule has 17 atom stereocenters. The molecular formula is C33H58O10. The highest BCUT2D eigenvalue weighted by Gasteiger charge is 2.71. The standard InChI is InChI=1S/C33H58O10/c1-16(2)23(43-30-27(39)28(41-6)22(37)15-42-30)8-7-17(3)18-13-20(35)29-31(18,4)12-10-24-32(5)11-9-19(34)26(38)25(32)21(36)14-33(24,29)40/h16-30,34-40H,7-15H2,1-6H3/t17-,18-,19+,20+,21+,22-,23+,24?,25?,26+,27-,28+,29?,30+,31-,32-,33+/m1/s1. The van der Waals surface area contributed by atoms with Crippen molar-refractivity contribution < 1.29 is 50.0 Å². The van der Waals surface area contributed by atoms with E-state index in [9.17, 15) is 35.7 Å². The van der Waals surface area contributed by atoms with Crippen LogP contribution in [0, 0.1) is 46.3 Å². The number of hydrogen-bond acceptors (Lipinski definition) is 10. The summed E-state index contributed by atoms with van der Waals surface area (Å²) in [4.78, 5) is 0. The van der Waals surface area contributed by atoms with Crippen LogP contribution >= 0.6 is 0 Å². The maximum atomic E-state index is 12.5. The normalized spacial score (nSPS) is 53.2. The van der Waals surface area contributed by atoms with Gasteiger partial charge in [-0.3, -0.25) is 0 Å². The number of rotatable bonds is 8. The van der Waals surface area contributed by atoms with E-state index in [1.54, 1.807) is 0 Å². The predicted octanol–water partition coefficient (Wildman–Crippen LogP) is 1.58. The van der Waals surface area contributed by atoms with E-state index in [0.29, 0.717) is 19.3 Å². The van der Waals surface area contributed by atoms with Crippen LogP contribution in [0.1, 0.15) is 86.0 Å². The summed E-state index contributed by atoms with van der Waals surface area (Å²) in [5, 5.41) is 77.6. The molecule has 0 spiro atoms. The molecule has 1 saturated heterocycles. The van der Waals surface area contributed by atoms with Crippen molar-refractivity contribution in [3.05, 3.63) is 0 Å². The average molecular weight is 615 g/mol. The van der Waals surface area contributed by atoms with Crippen LogP contribution < -0.4 is 0 Å². The smallest absolute Gasteiger partial charge is 0.186 e. The van der Waals surface area contributed by atoms with Crippen molar-refractivity contribution in [1.29, 1.82) is 0 Å². The second-order valence-electron chi connectivity index (χ2n) is 15.8. The molecule has 5 aliphatic rings. The highest BCUT2D eigenvalue weighted by Crippen LogP contribution is 2.69.